The Labute approximate surface area is 113 Å². The van der Waals surface area contributed by atoms with E-state index in [9.17, 15) is 8.78 Å². The van der Waals surface area contributed by atoms with Crippen molar-refractivity contribution in [1.29, 1.82) is 0 Å². The lowest BCUT2D eigenvalue weighted by Gasteiger charge is -2.14. The van der Waals surface area contributed by atoms with Crippen LogP contribution in [0.3, 0.4) is 0 Å². The van der Waals surface area contributed by atoms with Crippen LogP contribution >= 0.6 is 15.9 Å². The molecule has 0 heterocycles. The number of nitrogens with two attached hydrogens (primary N) is 1. The van der Waals surface area contributed by atoms with Crippen molar-refractivity contribution in [1.82, 2.24) is 0 Å². The molecule has 0 spiro atoms. The zero-order chi connectivity index (χ0) is 13.1. The quantitative estimate of drug-likeness (QED) is 0.912. The molecule has 0 aliphatic rings. The summed E-state index contributed by atoms with van der Waals surface area (Å²) in [7, 11) is 0. The summed E-state index contributed by atoms with van der Waals surface area (Å²) in [5.41, 5.74) is 7.85. The van der Waals surface area contributed by atoms with Gasteiger partial charge < -0.3 is 5.73 Å². The van der Waals surface area contributed by atoms with Crippen molar-refractivity contribution in [2.24, 2.45) is 5.73 Å². The molecule has 0 radical (unpaired) electrons. The summed E-state index contributed by atoms with van der Waals surface area (Å²) in [4.78, 5) is 0. The van der Waals surface area contributed by atoms with E-state index in [1.165, 1.54) is 24.3 Å². The molecule has 0 fully saturated rings. The van der Waals surface area contributed by atoms with Gasteiger partial charge in [-0.2, -0.15) is 0 Å². The molecule has 1 nitrogen and oxygen atoms in total. The van der Waals surface area contributed by atoms with Crippen LogP contribution in [0.2, 0.25) is 0 Å². The molecule has 0 saturated heterocycles. The fourth-order valence-electron chi connectivity index (χ4n) is 1.79. The van der Waals surface area contributed by atoms with Gasteiger partial charge >= 0.3 is 0 Å². The molecule has 1 unspecified atom stereocenters. The van der Waals surface area contributed by atoms with Gasteiger partial charge in [0.05, 0.1) is 0 Å². The van der Waals surface area contributed by atoms with Crippen LogP contribution in [0, 0.1) is 11.6 Å². The molecule has 1 atom stereocenters. The molecule has 2 N–H and O–H groups in total. The smallest absolute Gasteiger partial charge is 0.124 e. The van der Waals surface area contributed by atoms with Gasteiger partial charge in [0.15, 0.2) is 0 Å². The summed E-state index contributed by atoms with van der Waals surface area (Å²) in [6.07, 6.45) is 0.574. The SMILES string of the molecule is NC(Cc1ccc(F)cc1)c1ccc(F)cc1Br. The maximum absolute atomic E-state index is 13.0. The summed E-state index contributed by atoms with van der Waals surface area (Å²) in [5.74, 6) is -0.574. The van der Waals surface area contributed by atoms with Crippen LogP contribution in [-0.4, -0.2) is 0 Å². The van der Waals surface area contributed by atoms with Gasteiger partial charge in [0.1, 0.15) is 11.6 Å². The summed E-state index contributed by atoms with van der Waals surface area (Å²) in [6.45, 7) is 0. The van der Waals surface area contributed by atoms with Gasteiger partial charge in [-0.05, 0) is 41.8 Å². The highest BCUT2D eigenvalue weighted by Crippen LogP contribution is 2.25. The topological polar surface area (TPSA) is 26.0 Å². The van der Waals surface area contributed by atoms with E-state index in [-0.39, 0.29) is 17.7 Å². The van der Waals surface area contributed by atoms with Gasteiger partial charge in [-0.15, -0.1) is 0 Å². The zero-order valence-corrected chi connectivity index (χ0v) is 11.1. The van der Waals surface area contributed by atoms with E-state index in [2.05, 4.69) is 15.9 Å². The molecule has 0 aliphatic heterocycles. The number of halogens is 3. The molecule has 0 saturated carbocycles. The monoisotopic (exact) mass is 311 g/mol. The Morgan fingerprint density at radius 2 is 1.61 bits per heavy atom. The summed E-state index contributed by atoms with van der Waals surface area (Å²) in [6, 6.07) is 10.4. The lowest BCUT2D eigenvalue weighted by molar-refractivity contribution is 0.621. The molecule has 0 aromatic heterocycles. The molecule has 2 aromatic rings. The molecule has 0 aliphatic carbocycles. The van der Waals surface area contributed by atoms with Crippen LogP contribution in [0.5, 0.6) is 0 Å². The van der Waals surface area contributed by atoms with Crippen LogP contribution in [0.25, 0.3) is 0 Å². The highest BCUT2D eigenvalue weighted by atomic mass is 79.9. The average Bonchev–Trinajstić information content (AvgIpc) is 2.32. The zero-order valence-electron chi connectivity index (χ0n) is 9.54. The number of benzene rings is 2. The fraction of sp³-hybridized carbons (Fsp3) is 0.143. The third kappa shape index (κ3) is 3.15. The van der Waals surface area contributed by atoms with E-state index in [0.717, 1.165) is 11.1 Å². The first-order chi connectivity index (χ1) is 8.56. The Morgan fingerprint density at radius 1 is 1.00 bits per heavy atom. The van der Waals surface area contributed by atoms with Crippen molar-refractivity contribution in [3.05, 3.63) is 69.7 Å². The lowest BCUT2D eigenvalue weighted by atomic mass is 10.00. The summed E-state index contributed by atoms with van der Waals surface area (Å²) in [5, 5.41) is 0. The minimum atomic E-state index is -0.306. The Morgan fingerprint density at radius 3 is 2.22 bits per heavy atom. The van der Waals surface area contributed by atoms with Crippen LogP contribution in [-0.2, 0) is 6.42 Å². The molecular weight excluding hydrogens is 300 g/mol. The maximum atomic E-state index is 13.0. The molecule has 2 rings (SSSR count). The van der Waals surface area contributed by atoms with E-state index >= 15 is 0 Å². The summed E-state index contributed by atoms with van der Waals surface area (Å²) < 4.78 is 26.4. The number of rotatable bonds is 3. The number of hydrogen-bond acceptors (Lipinski definition) is 1. The second-order valence-corrected chi connectivity index (χ2v) is 4.96. The van der Waals surface area contributed by atoms with Gasteiger partial charge in [0, 0.05) is 10.5 Å². The Hall–Kier alpha value is -1.26. The van der Waals surface area contributed by atoms with Crippen LogP contribution in [0.15, 0.2) is 46.9 Å². The van der Waals surface area contributed by atoms with Crippen molar-refractivity contribution < 1.29 is 8.78 Å². The van der Waals surface area contributed by atoms with Crippen LogP contribution in [0.1, 0.15) is 17.2 Å². The minimum Gasteiger partial charge on any atom is -0.324 e. The van der Waals surface area contributed by atoms with Crippen molar-refractivity contribution >= 4 is 15.9 Å². The van der Waals surface area contributed by atoms with E-state index in [0.29, 0.717) is 10.9 Å². The first-order valence-corrected chi connectivity index (χ1v) is 6.30. The molecule has 2 aromatic carbocycles. The van der Waals surface area contributed by atoms with Gasteiger partial charge in [-0.3, -0.25) is 0 Å². The Bertz CT molecular complexity index is 540. The summed E-state index contributed by atoms with van der Waals surface area (Å²) >= 11 is 3.29. The molecular formula is C14H12BrF2N. The molecule has 94 valence electrons. The third-order valence-electron chi connectivity index (χ3n) is 2.73. The molecule has 4 heteroatoms. The predicted octanol–water partition coefficient (Wildman–Crippen LogP) is 3.97. The average molecular weight is 312 g/mol. The van der Waals surface area contributed by atoms with E-state index in [1.54, 1.807) is 18.2 Å². The van der Waals surface area contributed by atoms with Crippen molar-refractivity contribution in [2.75, 3.05) is 0 Å². The molecule has 18 heavy (non-hydrogen) atoms. The normalized spacial score (nSPS) is 12.4. The van der Waals surface area contributed by atoms with E-state index < -0.39 is 0 Å². The van der Waals surface area contributed by atoms with Gasteiger partial charge in [-0.1, -0.05) is 34.1 Å². The largest absolute Gasteiger partial charge is 0.324 e. The Balaban J connectivity index is 2.16. The second kappa shape index (κ2) is 5.59. The van der Waals surface area contributed by atoms with Gasteiger partial charge in [0.25, 0.3) is 0 Å². The molecule has 0 amide bonds. The van der Waals surface area contributed by atoms with Crippen molar-refractivity contribution in [3.8, 4) is 0 Å². The standard InChI is InChI=1S/C14H12BrF2N/c15-13-8-11(17)5-6-12(13)14(18)7-9-1-3-10(16)4-2-9/h1-6,8,14H,7,18H2. The van der Waals surface area contributed by atoms with Crippen LogP contribution in [0.4, 0.5) is 8.78 Å². The fourth-order valence-corrected chi connectivity index (χ4v) is 2.43. The van der Waals surface area contributed by atoms with Crippen molar-refractivity contribution in [2.45, 2.75) is 12.5 Å². The first kappa shape index (κ1) is 13.2. The van der Waals surface area contributed by atoms with Gasteiger partial charge in [0.2, 0.25) is 0 Å². The minimum absolute atomic E-state index is 0.259. The Kier molecular flexibility index (Phi) is 4.09. The highest BCUT2D eigenvalue weighted by Gasteiger charge is 2.11. The van der Waals surface area contributed by atoms with E-state index in [1.807, 2.05) is 0 Å². The third-order valence-corrected chi connectivity index (χ3v) is 3.42. The lowest BCUT2D eigenvalue weighted by Crippen LogP contribution is -2.14. The number of hydrogen-bond donors (Lipinski definition) is 1. The van der Waals surface area contributed by atoms with E-state index in [4.69, 9.17) is 5.73 Å². The first-order valence-electron chi connectivity index (χ1n) is 5.51. The predicted molar refractivity (Wildman–Crippen MR) is 71.1 cm³/mol. The highest BCUT2D eigenvalue weighted by molar-refractivity contribution is 9.10. The van der Waals surface area contributed by atoms with Crippen LogP contribution < -0.4 is 5.73 Å². The molecule has 0 bridgehead atoms. The second-order valence-electron chi connectivity index (χ2n) is 4.10. The van der Waals surface area contributed by atoms with Crippen molar-refractivity contribution in [3.63, 3.8) is 0 Å². The van der Waals surface area contributed by atoms with Gasteiger partial charge in [-0.25, -0.2) is 8.78 Å². The maximum Gasteiger partial charge on any atom is 0.124 e.